The maximum atomic E-state index is 14.7. The van der Waals surface area contributed by atoms with E-state index >= 15 is 0 Å². The smallest absolute Gasteiger partial charge is 0.306 e. The van der Waals surface area contributed by atoms with Crippen molar-refractivity contribution in [3.05, 3.63) is 90.5 Å². The van der Waals surface area contributed by atoms with Crippen molar-refractivity contribution >= 4 is 29.4 Å². The van der Waals surface area contributed by atoms with E-state index in [9.17, 15) is 24.3 Å². The van der Waals surface area contributed by atoms with Gasteiger partial charge < -0.3 is 29.7 Å². The Morgan fingerprint density at radius 2 is 1.85 bits per heavy atom. The van der Waals surface area contributed by atoms with Crippen molar-refractivity contribution in [3.8, 4) is 0 Å². The molecule has 10 nitrogen and oxygen atoms in total. The number of likely N-dealkylation sites (tertiary alicyclic amines) is 1. The van der Waals surface area contributed by atoms with Gasteiger partial charge in [-0.25, -0.2) is 0 Å². The second-order valence-electron chi connectivity index (χ2n) is 12.6. The molecule has 3 fully saturated rings. The second-order valence-corrected chi connectivity index (χ2v) is 12.6. The SMILES string of the molecule is C=CCCC(=O)OC[C@@H](NC(=O)[C@@H]1[C@H]2C(=O)N(CCCO)[C@H](C(=O)N(CC=C)c3c(C)cccc3C)[C@]23CC[C@H]1O3)c1ccccc1. The minimum absolute atomic E-state index is 0.0796. The number of ether oxygens (including phenoxy) is 2. The molecule has 0 radical (unpaired) electrons. The van der Waals surface area contributed by atoms with Gasteiger partial charge in [0.1, 0.15) is 18.2 Å². The quantitative estimate of drug-likeness (QED) is 0.223. The minimum atomic E-state index is -1.20. The summed E-state index contributed by atoms with van der Waals surface area (Å²) >= 11 is 0. The van der Waals surface area contributed by atoms with Crippen molar-refractivity contribution in [1.29, 1.82) is 0 Å². The van der Waals surface area contributed by atoms with Crippen LogP contribution in [0.25, 0.3) is 0 Å². The van der Waals surface area contributed by atoms with Gasteiger partial charge >= 0.3 is 5.97 Å². The van der Waals surface area contributed by atoms with Crippen molar-refractivity contribution in [2.75, 3.05) is 31.2 Å². The van der Waals surface area contributed by atoms with Gasteiger partial charge in [-0.15, -0.1) is 13.2 Å². The Bertz CT molecular complexity index is 1490. The zero-order valence-electron chi connectivity index (χ0n) is 27.2. The molecule has 1 spiro atoms. The number of fused-ring (bicyclic) bond motifs is 1. The van der Waals surface area contributed by atoms with Crippen LogP contribution in [0.15, 0.2) is 73.8 Å². The number of esters is 1. The maximum Gasteiger partial charge on any atom is 0.306 e. The van der Waals surface area contributed by atoms with E-state index in [-0.39, 0.29) is 56.9 Å². The highest BCUT2D eigenvalue weighted by atomic mass is 16.5. The number of hydrogen-bond acceptors (Lipinski definition) is 7. The Morgan fingerprint density at radius 3 is 2.51 bits per heavy atom. The summed E-state index contributed by atoms with van der Waals surface area (Å²) in [6.45, 7) is 11.5. The zero-order valence-corrected chi connectivity index (χ0v) is 27.2. The lowest BCUT2D eigenvalue weighted by molar-refractivity contribution is -0.146. The molecule has 0 unspecified atom stereocenters. The van der Waals surface area contributed by atoms with E-state index < -0.39 is 41.6 Å². The molecular formula is C37H45N3O7. The van der Waals surface area contributed by atoms with E-state index in [0.29, 0.717) is 19.3 Å². The molecular weight excluding hydrogens is 598 g/mol. The van der Waals surface area contributed by atoms with E-state index in [1.807, 2.05) is 62.4 Å². The van der Waals surface area contributed by atoms with Crippen LogP contribution >= 0.6 is 0 Å². The molecule has 3 heterocycles. The summed E-state index contributed by atoms with van der Waals surface area (Å²) in [5.41, 5.74) is 2.12. The molecule has 0 saturated carbocycles. The van der Waals surface area contributed by atoms with Crippen molar-refractivity contribution in [2.24, 2.45) is 11.8 Å². The highest BCUT2D eigenvalue weighted by molar-refractivity contribution is 6.05. The summed E-state index contributed by atoms with van der Waals surface area (Å²) in [5, 5.41) is 12.8. The number of anilines is 1. The number of aryl methyl sites for hydroxylation is 2. The largest absolute Gasteiger partial charge is 0.463 e. The van der Waals surface area contributed by atoms with Gasteiger partial charge in [0.15, 0.2) is 0 Å². The Balaban J connectivity index is 1.46. The molecule has 250 valence electrons. The van der Waals surface area contributed by atoms with Gasteiger partial charge in [0, 0.05) is 31.8 Å². The van der Waals surface area contributed by atoms with Crippen LogP contribution in [0.3, 0.4) is 0 Å². The predicted octanol–water partition coefficient (Wildman–Crippen LogP) is 3.95. The number of allylic oxidation sites excluding steroid dienone is 1. The second kappa shape index (κ2) is 14.6. The monoisotopic (exact) mass is 643 g/mol. The molecule has 3 amide bonds. The molecule has 3 aliphatic heterocycles. The molecule has 2 N–H and O–H groups in total. The van der Waals surface area contributed by atoms with Crippen LogP contribution in [0.5, 0.6) is 0 Å². The standard InChI is InChI=1S/C37H45N3O7/c1-5-7-17-29(42)46-23-27(26-15-9-8-10-16-26)38-34(43)30-28-18-19-37(47-28)31(30)35(44)40(21-12-22-41)33(37)36(45)39(20-6-2)32-24(3)13-11-14-25(32)4/h5-6,8-11,13-16,27-28,30-31,33,41H,1-2,7,12,17-23H2,3-4H3,(H,38,43)/t27-,28-,30+,31+,33-,37+/m1/s1. The number of hydrogen-bond donors (Lipinski definition) is 2. The Hall–Kier alpha value is -4.28. The van der Waals surface area contributed by atoms with Gasteiger partial charge in [0.2, 0.25) is 11.8 Å². The normalized spacial score (nSPS) is 24.8. The van der Waals surface area contributed by atoms with Crippen LogP contribution in [0, 0.1) is 25.7 Å². The summed E-state index contributed by atoms with van der Waals surface area (Å²) in [6, 6.07) is 13.4. The van der Waals surface area contributed by atoms with Crippen molar-refractivity contribution in [3.63, 3.8) is 0 Å². The van der Waals surface area contributed by atoms with E-state index in [4.69, 9.17) is 9.47 Å². The molecule has 3 saturated heterocycles. The number of carbonyl (C=O) groups excluding carboxylic acids is 4. The van der Waals surface area contributed by atoms with Crippen molar-refractivity contribution < 1.29 is 33.8 Å². The number of carbonyl (C=O) groups is 4. The van der Waals surface area contributed by atoms with Gasteiger partial charge in [-0.1, -0.05) is 60.7 Å². The average Bonchev–Trinajstić information content (AvgIpc) is 3.71. The van der Waals surface area contributed by atoms with E-state index in [1.54, 1.807) is 17.1 Å². The number of benzene rings is 2. The molecule has 2 aromatic rings. The molecule has 3 aliphatic rings. The number of para-hydroxylation sites is 1. The summed E-state index contributed by atoms with van der Waals surface area (Å²) < 4.78 is 12.2. The number of nitrogens with zero attached hydrogens (tertiary/aromatic N) is 2. The third-order valence-electron chi connectivity index (χ3n) is 9.66. The summed E-state index contributed by atoms with van der Waals surface area (Å²) in [5.74, 6) is -3.15. The molecule has 2 bridgehead atoms. The van der Waals surface area contributed by atoms with Gasteiger partial charge in [-0.05, 0) is 56.2 Å². The molecule has 6 atom stereocenters. The highest BCUT2D eigenvalue weighted by Crippen LogP contribution is 2.58. The third-order valence-corrected chi connectivity index (χ3v) is 9.66. The molecule has 0 aromatic heterocycles. The van der Waals surface area contributed by atoms with Crippen molar-refractivity contribution in [2.45, 2.75) is 69.7 Å². The first kappa shape index (κ1) is 34.1. The first-order chi connectivity index (χ1) is 22.7. The molecule has 5 rings (SSSR count). The lowest BCUT2D eigenvalue weighted by Crippen LogP contribution is -2.57. The lowest BCUT2D eigenvalue weighted by atomic mass is 9.70. The van der Waals surface area contributed by atoms with Crippen LogP contribution in [0.4, 0.5) is 5.69 Å². The fourth-order valence-corrected chi connectivity index (χ4v) is 7.66. The van der Waals surface area contributed by atoms with Gasteiger partial charge in [0.05, 0.1) is 24.0 Å². The average molecular weight is 644 g/mol. The van der Waals surface area contributed by atoms with E-state index in [2.05, 4.69) is 18.5 Å². The van der Waals surface area contributed by atoms with Crippen LogP contribution in [0.2, 0.25) is 0 Å². The molecule has 2 aromatic carbocycles. The number of rotatable bonds is 15. The fourth-order valence-electron chi connectivity index (χ4n) is 7.66. The number of aliphatic hydroxyl groups excluding tert-OH is 1. The van der Waals surface area contributed by atoms with Crippen LogP contribution in [0.1, 0.15) is 54.8 Å². The van der Waals surface area contributed by atoms with E-state index in [1.165, 1.54) is 4.90 Å². The Kier molecular flexibility index (Phi) is 10.6. The van der Waals surface area contributed by atoms with Gasteiger partial charge in [-0.3, -0.25) is 19.2 Å². The summed E-state index contributed by atoms with van der Waals surface area (Å²) in [7, 11) is 0. The first-order valence-corrected chi connectivity index (χ1v) is 16.4. The maximum absolute atomic E-state index is 14.7. The highest BCUT2D eigenvalue weighted by Gasteiger charge is 2.74. The van der Waals surface area contributed by atoms with Crippen LogP contribution in [-0.2, 0) is 28.7 Å². The van der Waals surface area contributed by atoms with Crippen LogP contribution in [-0.4, -0.2) is 77.7 Å². The number of aliphatic hydroxyl groups is 1. The Morgan fingerprint density at radius 1 is 1.13 bits per heavy atom. The zero-order chi connectivity index (χ0) is 33.7. The predicted molar refractivity (Wildman–Crippen MR) is 177 cm³/mol. The molecule has 0 aliphatic carbocycles. The number of nitrogens with one attached hydrogen (secondary N) is 1. The van der Waals surface area contributed by atoms with Gasteiger partial charge in [0.25, 0.3) is 5.91 Å². The fraction of sp³-hybridized carbons (Fsp3) is 0.459. The lowest BCUT2D eigenvalue weighted by Gasteiger charge is -2.37. The van der Waals surface area contributed by atoms with Crippen molar-refractivity contribution in [1.82, 2.24) is 10.2 Å². The summed E-state index contributed by atoms with van der Waals surface area (Å²) in [6.07, 6.45) is 4.64. The molecule has 47 heavy (non-hydrogen) atoms. The van der Waals surface area contributed by atoms with Gasteiger partial charge in [-0.2, -0.15) is 0 Å². The summed E-state index contributed by atoms with van der Waals surface area (Å²) in [4.78, 5) is 58.8. The minimum Gasteiger partial charge on any atom is -0.463 e. The van der Waals surface area contributed by atoms with Crippen LogP contribution < -0.4 is 10.2 Å². The number of amides is 3. The third kappa shape index (κ3) is 6.49. The Labute approximate surface area is 276 Å². The van der Waals surface area contributed by atoms with E-state index in [0.717, 1.165) is 22.4 Å². The first-order valence-electron chi connectivity index (χ1n) is 16.4. The topological polar surface area (TPSA) is 125 Å². The molecule has 10 heteroatoms.